The number of hydrogen-bond donors (Lipinski definition) is 0. The SMILES string of the molecule is COC(=O)c1ccc(S(=O)(=O)N(CC#N)CC#N)c(C)c1. The maximum Gasteiger partial charge on any atom is 0.337 e. The van der Waals surface area contributed by atoms with Crippen molar-refractivity contribution in [2.45, 2.75) is 11.8 Å². The number of methoxy groups -OCH3 is 1. The molecule has 0 radical (unpaired) electrons. The average molecular weight is 307 g/mol. The highest BCUT2D eigenvalue weighted by Crippen LogP contribution is 2.21. The van der Waals surface area contributed by atoms with Gasteiger partial charge in [-0.25, -0.2) is 13.2 Å². The van der Waals surface area contributed by atoms with Crippen molar-refractivity contribution in [2.24, 2.45) is 0 Å². The molecule has 1 aromatic rings. The average Bonchev–Trinajstić information content (AvgIpc) is 2.45. The first kappa shape index (κ1) is 16.6. The number of hydrogen-bond acceptors (Lipinski definition) is 6. The number of nitrogens with zero attached hydrogens (tertiary/aromatic N) is 3. The molecule has 0 aliphatic heterocycles. The number of carbonyl (C=O) groups excluding carboxylic acids is 1. The van der Waals surface area contributed by atoms with Crippen LogP contribution in [0.3, 0.4) is 0 Å². The quantitative estimate of drug-likeness (QED) is 0.588. The van der Waals surface area contributed by atoms with Crippen LogP contribution in [0.4, 0.5) is 0 Å². The third-order valence-electron chi connectivity index (χ3n) is 2.71. The Bertz CT molecular complexity index is 713. The van der Waals surface area contributed by atoms with Crippen LogP contribution >= 0.6 is 0 Å². The van der Waals surface area contributed by atoms with E-state index in [9.17, 15) is 13.2 Å². The van der Waals surface area contributed by atoms with Gasteiger partial charge in [-0.3, -0.25) is 0 Å². The lowest BCUT2D eigenvalue weighted by Crippen LogP contribution is -2.32. The molecule has 8 heteroatoms. The number of ether oxygens (including phenoxy) is 1. The van der Waals surface area contributed by atoms with Gasteiger partial charge in [-0.05, 0) is 30.7 Å². The first-order valence-corrected chi connectivity index (χ1v) is 7.25. The fourth-order valence-electron chi connectivity index (χ4n) is 1.71. The summed E-state index contributed by atoms with van der Waals surface area (Å²) in [7, 11) is -2.74. The van der Waals surface area contributed by atoms with Gasteiger partial charge in [0.15, 0.2) is 0 Å². The van der Waals surface area contributed by atoms with Crippen LogP contribution < -0.4 is 0 Å². The number of nitriles is 2. The molecule has 110 valence electrons. The smallest absolute Gasteiger partial charge is 0.337 e. The number of aryl methyl sites for hydroxylation is 1. The fourth-order valence-corrected chi connectivity index (χ4v) is 3.15. The molecule has 0 N–H and O–H groups in total. The van der Waals surface area contributed by atoms with Crippen LogP contribution in [0.2, 0.25) is 0 Å². The molecule has 0 amide bonds. The third-order valence-corrected chi connectivity index (χ3v) is 4.66. The minimum absolute atomic E-state index is 0.0550. The zero-order chi connectivity index (χ0) is 16.0. The molecule has 0 unspecified atom stereocenters. The summed E-state index contributed by atoms with van der Waals surface area (Å²) in [6.07, 6.45) is 0. The second-order valence-corrected chi connectivity index (χ2v) is 5.97. The first-order chi connectivity index (χ1) is 9.88. The fraction of sp³-hybridized carbons (Fsp3) is 0.308. The Morgan fingerprint density at radius 1 is 1.29 bits per heavy atom. The predicted octanol–water partition coefficient (Wildman–Crippen LogP) is 0.819. The predicted molar refractivity (Wildman–Crippen MR) is 72.5 cm³/mol. The van der Waals surface area contributed by atoms with Crippen molar-refractivity contribution < 1.29 is 17.9 Å². The lowest BCUT2D eigenvalue weighted by molar-refractivity contribution is 0.0600. The summed E-state index contributed by atoms with van der Waals surface area (Å²) in [6, 6.07) is 7.39. The molecule has 0 atom stereocenters. The van der Waals surface area contributed by atoms with Crippen molar-refractivity contribution in [3.05, 3.63) is 29.3 Å². The molecule has 7 nitrogen and oxygen atoms in total. The van der Waals surface area contributed by atoms with Gasteiger partial charge in [0.25, 0.3) is 0 Å². The van der Waals surface area contributed by atoms with E-state index in [0.717, 1.165) is 4.31 Å². The zero-order valence-electron chi connectivity index (χ0n) is 11.5. The van der Waals surface area contributed by atoms with Crippen molar-refractivity contribution >= 4 is 16.0 Å². The number of sulfonamides is 1. The molecule has 0 heterocycles. The molecule has 0 bridgehead atoms. The summed E-state index contributed by atoms with van der Waals surface area (Å²) in [5, 5.41) is 17.3. The Balaban J connectivity index is 3.29. The van der Waals surface area contributed by atoms with Crippen LogP contribution in [0.1, 0.15) is 15.9 Å². The number of rotatable bonds is 5. The standard InChI is InChI=1S/C13H13N3O4S/c1-10-9-11(13(17)20-2)3-4-12(10)21(18,19)16(7-5-14)8-6-15/h3-4,9H,7-8H2,1-2H3. The number of benzene rings is 1. The molecule has 0 aromatic heterocycles. The molecule has 0 fully saturated rings. The van der Waals surface area contributed by atoms with Crippen LogP contribution in [-0.2, 0) is 14.8 Å². The molecule has 0 aliphatic carbocycles. The van der Waals surface area contributed by atoms with Gasteiger partial charge in [0.1, 0.15) is 13.1 Å². The monoisotopic (exact) mass is 307 g/mol. The van der Waals surface area contributed by atoms with E-state index in [2.05, 4.69) is 4.74 Å². The van der Waals surface area contributed by atoms with E-state index in [1.165, 1.54) is 32.2 Å². The van der Waals surface area contributed by atoms with Crippen LogP contribution in [-0.4, -0.2) is 38.9 Å². The molecular formula is C13H13N3O4S. The summed E-state index contributed by atoms with van der Waals surface area (Å²) in [4.78, 5) is 11.3. The first-order valence-electron chi connectivity index (χ1n) is 5.81. The van der Waals surface area contributed by atoms with Gasteiger partial charge in [-0.1, -0.05) is 0 Å². The molecule has 1 aromatic carbocycles. The molecule has 0 saturated carbocycles. The van der Waals surface area contributed by atoms with Crippen molar-refractivity contribution in [2.75, 3.05) is 20.2 Å². The van der Waals surface area contributed by atoms with Gasteiger partial charge in [0.05, 0.1) is 29.7 Å². The van der Waals surface area contributed by atoms with Crippen molar-refractivity contribution in [3.8, 4) is 12.1 Å². The van der Waals surface area contributed by atoms with Gasteiger partial charge < -0.3 is 4.74 Å². The maximum absolute atomic E-state index is 12.4. The molecular weight excluding hydrogens is 294 g/mol. The molecule has 0 saturated heterocycles. The topological polar surface area (TPSA) is 111 Å². The zero-order valence-corrected chi connectivity index (χ0v) is 12.3. The van der Waals surface area contributed by atoms with Crippen LogP contribution in [0, 0.1) is 29.6 Å². The van der Waals surface area contributed by atoms with Gasteiger partial charge in [-0.15, -0.1) is 0 Å². The van der Waals surface area contributed by atoms with E-state index in [-0.39, 0.29) is 10.5 Å². The Kier molecular flexibility index (Phi) is 5.42. The second-order valence-electron chi connectivity index (χ2n) is 4.06. The largest absolute Gasteiger partial charge is 0.465 e. The lowest BCUT2D eigenvalue weighted by Gasteiger charge is -2.17. The van der Waals surface area contributed by atoms with Gasteiger partial charge in [-0.2, -0.15) is 14.8 Å². The van der Waals surface area contributed by atoms with Gasteiger partial charge in [0.2, 0.25) is 10.0 Å². The van der Waals surface area contributed by atoms with E-state index in [1.54, 1.807) is 12.1 Å². The summed E-state index contributed by atoms with van der Waals surface area (Å²) < 4.78 is 30.1. The maximum atomic E-state index is 12.4. The Morgan fingerprint density at radius 3 is 2.29 bits per heavy atom. The van der Waals surface area contributed by atoms with Crippen molar-refractivity contribution in [1.29, 1.82) is 10.5 Å². The molecule has 0 spiro atoms. The number of esters is 1. The minimum Gasteiger partial charge on any atom is -0.465 e. The highest BCUT2D eigenvalue weighted by atomic mass is 32.2. The summed E-state index contributed by atoms with van der Waals surface area (Å²) in [5.74, 6) is -0.576. The lowest BCUT2D eigenvalue weighted by atomic mass is 10.1. The third kappa shape index (κ3) is 3.57. The van der Waals surface area contributed by atoms with E-state index in [0.29, 0.717) is 5.56 Å². The van der Waals surface area contributed by atoms with E-state index in [1.807, 2.05) is 0 Å². The van der Waals surface area contributed by atoms with E-state index in [4.69, 9.17) is 10.5 Å². The normalized spacial score (nSPS) is 10.7. The van der Waals surface area contributed by atoms with Crippen LogP contribution in [0.5, 0.6) is 0 Å². The van der Waals surface area contributed by atoms with Gasteiger partial charge >= 0.3 is 5.97 Å². The number of carbonyl (C=O) groups is 1. The summed E-state index contributed by atoms with van der Waals surface area (Å²) >= 11 is 0. The molecule has 1 rings (SSSR count). The molecule has 21 heavy (non-hydrogen) atoms. The van der Waals surface area contributed by atoms with E-state index >= 15 is 0 Å². The Hall–Kier alpha value is -2.42. The Morgan fingerprint density at radius 2 is 1.86 bits per heavy atom. The van der Waals surface area contributed by atoms with Crippen LogP contribution in [0.15, 0.2) is 23.1 Å². The Labute approximate surface area is 123 Å². The van der Waals surface area contributed by atoms with Crippen molar-refractivity contribution in [1.82, 2.24) is 4.31 Å². The highest BCUT2D eigenvalue weighted by Gasteiger charge is 2.26. The molecule has 0 aliphatic rings. The minimum atomic E-state index is -3.97. The second kappa shape index (κ2) is 6.84. The summed E-state index contributed by atoms with van der Waals surface area (Å²) in [6.45, 7) is 0.679. The van der Waals surface area contributed by atoms with E-state index < -0.39 is 29.1 Å². The van der Waals surface area contributed by atoms with Crippen LogP contribution in [0.25, 0.3) is 0 Å². The van der Waals surface area contributed by atoms with Crippen molar-refractivity contribution in [3.63, 3.8) is 0 Å². The van der Waals surface area contributed by atoms with Gasteiger partial charge in [0, 0.05) is 0 Å². The summed E-state index contributed by atoms with van der Waals surface area (Å²) in [5.41, 5.74) is 0.555. The highest BCUT2D eigenvalue weighted by molar-refractivity contribution is 7.89.